The summed E-state index contributed by atoms with van der Waals surface area (Å²) in [4.78, 5) is 31.8. The van der Waals surface area contributed by atoms with Crippen LogP contribution in [0.1, 0.15) is 24.6 Å². The van der Waals surface area contributed by atoms with Gasteiger partial charge >= 0.3 is 5.97 Å². The number of aliphatic carboxylic acids is 1. The van der Waals surface area contributed by atoms with E-state index < -0.39 is 12.0 Å². The molecule has 0 bridgehead atoms. The topological polar surface area (TPSA) is 98.3 Å². The molecule has 1 saturated carbocycles. The lowest BCUT2D eigenvalue weighted by Gasteiger charge is -2.34. The number of hydrogen-bond acceptors (Lipinski definition) is 5. The summed E-state index contributed by atoms with van der Waals surface area (Å²) >= 11 is 0. The van der Waals surface area contributed by atoms with Gasteiger partial charge in [-0.15, -0.1) is 0 Å². The zero-order chi connectivity index (χ0) is 13.4. The van der Waals surface area contributed by atoms with Gasteiger partial charge in [-0.1, -0.05) is 0 Å². The van der Waals surface area contributed by atoms with Crippen LogP contribution in [0.4, 0.5) is 5.82 Å². The molecule has 7 nitrogen and oxygen atoms in total. The Bertz CT molecular complexity index is 552. The first-order chi connectivity index (χ1) is 9.15. The van der Waals surface area contributed by atoms with Crippen LogP contribution in [0.3, 0.4) is 0 Å². The molecule has 0 radical (unpaired) electrons. The zero-order valence-electron chi connectivity index (χ0n) is 10.4. The molecule has 1 aliphatic heterocycles. The van der Waals surface area contributed by atoms with Gasteiger partial charge in [-0.05, 0) is 12.8 Å². The molecule has 102 valence electrons. The molecule has 1 aromatic rings. The first-order valence-corrected chi connectivity index (χ1v) is 6.46. The molecule has 1 unspecified atom stereocenters. The molecule has 0 amide bonds. The molecule has 0 aromatic carbocycles. The first kappa shape index (κ1) is 12.2. The van der Waals surface area contributed by atoms with E-state index in [9.17, 15) is 14.7 Å². The lowest BCUT2D eigenvalue weighted by Crippen LogP contribution is -2.55. The van der Waals surface area contributed by atoms with Gasteiger partial charge in [0.2, 0.25) is 0 Å². The van der Waals surface area contributed by atoms with Crippen LogP contribution in [-0.2, 0) is 4.79 Å². The van der Waals surface area contributed by atoms with Crippen molar-refractivity contribution >= 4 is 11.8 Å². The van der Waals surface area contributed by atoms with Crippen LogP contribution in [0.25, 0.3) is 0 Å². The van der Waals surface area contributed by atoms with E-state index in [2.05, 4.69) is 15.3 Å². The molecule has 3 rings (SSSR count). The number of carboxylic acids is 1. The summed E-state index contributed by atoms with van der Waals surface area (Å²) < 4.78 is 0. The van der Waals surface area contributed by atoms with Crippen molar-refractivity contribution in [1.82, 2.24) is 15.3 Å². The molecule has 1 aromatic heterocycles. The molecule has 0 spiro atoms. The van der Waals surface area contributed by atoms with E-state index in [1.807, 2.05) is 0 Å². The first-order valence-electron chi connectivity index (χ1n) is 6.46. The lowest BCUT2D eigenvalue weighted by molar-refractivity contribution is -0.138. The third-order valence-electron chi connectivity index (χ3n) is 3.53. The van der Waals surface area contributed by atoms with Crippen molar-refractivity contribution in [3.63, 3.8) is 0 Å². The van der Waals surface area contributed by atoms with Gasteiger partial charge in [-0.2, -0.15) is 0 Å². The number of nitrogens with zero attached hydrogens (tertiary/aromatic N) is 2. The quantitative estimate of drug-likeness (QED) is 0.681. The van der Waals surface area contributed by atoms with E-state index in [1.54, 1.807) is 4.90 Å². The fraction of sp³-hybridized carbons (Fsp3) is 0.583. The van der Waals surface area contributed by atoms with Gasteiger partial charge in [0.05, 0.1) is 0 Å². The van der Waals surface area contributed by atoms with Crippen molar-refractivity contribution in [3.05, 3.63) is 22.2 Å². The maximum absolute atomic E-state index is 11.7. The average Bonchev–Trinajstić information content (AvgIpc) is 3.22. The molecule has 2 heterocycles. The van der Waals surface area contributed by atoms with Gasteiger partial charge in [-0.3, -0.25) is 4.79 Å². The number of carboxylic acid groups (broad SMARTS) is 1. The number of aromatic nitrogens is 2. The Morgan fingerprint density at radius 2 is 2.26 bits per heavy atom. The van der Waals surface area contributed by atoms with E-state index in [0.717, 1.165) is 12.8 Å². The standard InChI is InChI=1S/C12H16N4O3/c17-10-5-9(14-11(15-10)7-1-2-7)16-4-3-13-6-8(16)12(18)19/h5,7-8,13H,1-4,6H2,(H,18,19)(H,14,15,17). The Balaban J connectivity index is 1.94. The van der Waals surface area contributed by atoms with E-state index in [-0.39, 0.29) is 5.56 Å². The minimum atomic E-state index is -0.901. The number of H-pyrrole nitrogens is 1. The summed E-state index contributed by atoms with van der Waals surface area (Å²) in [6, 6.07) is 0.711. The smallest absolute Gasteiger partial charge is 0.327 e. The van der Waals surface area contributed by atoms with E-state index >= 15 is 0 Å². The SMILES string of the molecule is O=C(O)C1CNCCN1c1cc(=O)[nH]c(C2CC2)n1. The van der Waals surface area contributed by atoms with Gasteiger partial charge in [0, 0.05) is 31.6 Å². The van der Waals surface area contributed by atoms with Gasteiger partial charge in [0.25, 0.3) is 5.56 Å². The van der Waals surface area contributed by atoms with Crippen molar-refractivity contribution in [2.75, 3.05) is 24.5 Å². The highest BCUT2D eigenvalue weighted by Crippen LogP contribution is 2.38. The molecule has 19 heavy (non-hydrogen) atoms. The second kappa shape index (κ2) is 4.65. The highest BCUT2D eigenvalue weighted by Gasteiger charge is 2.31. The Labute approximate surface area is 109 Å². The predicted molar refractivity (Wildman–Crippen MR) is 68.5 cm³/mol. The molecular weight excluding hydrogens is 248 g/mol. The van der Waals surface area contributed by atoms with Gasteiger partial charge in [-0.25, -0.2) is 9.78 Å². The van der Waals surface area contributed by atoms with Crippen molar-refractivity contribution in [2.45, 2.75) is 24.8 Å². The van der Waals surface area contributed by atoms with E-state index in [4.69, 9.17) is 0 Å². The maximum atomic E-state index is 11.7. The van der Waals surface area contributed by atoms with Crippen LogP contribution in [0, 0.1) is 0 Å². The van der Waals surface area contributed by atoms with E-state index in [0.29, 0.717) is 37.2 Å². The fourth-order valence-electron chi connectivity index (χ4n) is 2.36. The van der Waals surface area contributed by atoms with Crippen molar-refractivity contribution in [1.29, 1.82) is 0 Å². The molecular formula is C12H16N4O3. The number of anilines is 1. The van der Waals surface area contributed by atoms with Crippen LogP contribution in [0.2, 0.25) is 0 Å². The molecule has 2 fully saturated rings. The third kappa shape index (κ3) is 2.46. The monoisotopic (exact) mass is 264 g/mol. The summed E-state index contributed by atoms with van der Waals surface area (Å²) in [6.07, 6.45) is 2.08. The summed E-state index contributed by atoms with van der Waals surface area (Å²) in [6.45, 7) is 1.59. The summed E-state index contributed by atoms with van der Waals surface area (Å²) in [5, 5.41) is 12.3. The van der Waals surface area contributed by atoms with Crippen LogP contribution in [0.15, 0.2) is 10.9 Å². The van der Waals surface area contributed by atoms with Crippen LogP contribution >= 0.6 is 0 Å². The van der Waals surface area contributed by atoms with E-state index in [1.165, 1.54) is 6.07 Å². The van der Waals surface area contributed by atoms with Crippen LogP contribution in [-0.4, -0.2) is 46.7 Å². The van der Waals surface area contributed by atoms with Gasteiger partial charge < -0.3 is 20.3 Å². The van der Waals surface area contributed by atoms with Crippen LogP contribution < -0.4 is 15.8 Å². The minimum Gasteiger partial charge on any atom is -0.480 e. The van der Waals surface area contributed by atoms with Crippen LogP contribution in [0.5, 0.6) is 0 Å². The number of nitrogens with one attached hydrogen (secondary N) is 2. The van der Waals surface area contributed by atoms with Gasteiger partial charge in [0.15, 0.2) is 0 Å². The molecule has 1 saturated heterocycles. The molecule has 1 aliphatic carbocycles. The van der Waals surface area contributed by atoms with Gasteiger partial charge in [0.1, 0.15) is 17.7 Å². The maximum Gasteiger partial charge on any atom is 0.327 e. The molecule has 2 aliphatic rings. The summed E-state index contributed by atoms with van der Waals surface area (Å²) in [5.41, 5.74) is -0.213. The second-order valence-electron chi connectivity index (χ2n) is 5.01. The predicted octanol–water partition coefficient (Wildman–Crippen LogP) is -0.490. The fourth-order valence-corrected chi connectivity index (χ4v) is 2.36. The van der Waals surface area contributed by atoms with Crippen molar-refractivity contribution in [2.24, 2.45) is 0 Å². The molecule has 1 atom stereocenters. The number of hydrogen-bond donors (Lipinski definition) is 3. The largest absolute Gasteiger partial charge is 0.480 e. The summed E-state index contributed by atoms with van der Waals surface area (Å²) in [7, 11) is 0. The minimum absolute atomic E-state index is 0.213. The van der Waals surface area contributed by atoms with Crippen molar-refractivity contribution < 1.29 is 9.90 Å². The second-order valence-corrected chi connectivity index (χ2v) is 5.01. The molecule has 7 heteroatoms. The lowest BCUT2D eigenvalue weighted by atomic mass is 10.2. The Morgan fingerprint density at radius 1 is 1.47 bits per heavy atom. The average molecular weight is 264 g/mol. The van der Waals surface area contributed by atoms with Crippen molar-refractivity contribution in [3.8, 4) is 0 Å². The summed E-state index contributed by atoms with van der Waals surface area (Å²) in [5.74, 6) is 0.589. The normalized spacial score (nSPS) is 23.4. The zero-order valence-corrected chi connectivity index (χ0v) is 10.4. The Kier molecular flexibility index (Phi) is 2.98. The number of carbonyl (C=O) groups is 1. The third-order valence-corrected chi connectivity index (χ3v) is 3.53. The Morgan fingerprint density at radius 3 is 2.95 bits per heavy atom. The molecule has 3 N–H and O–H groups in total. The highest BCUT2D eigenvalue weighted by atomic mass is 16.4. The Hall–Kier alpha value is -1.89. The highest BCUT2D eigenvalue weighted by molar-refractivity contribution is 5.78. The number of rotatable bonds is 3. The number of aromatic amines is 1. The number of piperazine rings is 1.